The van der Waals surface area contributed by atoms with Gasteiger partial charge in [0, 0.05) is 16.9 Å². The van der Waals surface area contributed by atoms with E-state index in [9.17, 15) is 13.2 Å². The SMILES string of the molecule is O=C(O)CCC1CS(=O)(=O)c2cc(Br)ccc2N1. The highest BCUT2D eigenvalue weighted by Gasteiger charge is 2.30. The number of aliphatic carboxylic acids is 1. The zero-order valence-corrected chi connectivity index (χ0v) is 11.8. The zero-order valence-electron chi connectivity index (χ0n) is 9.39. The van der Waals surface area contributed by atoms with Crippen LogP contribution in [-0.4, -0.2) is 31.3 Å². The molecule has 0 aromatic heterocycles. The number of carboxylic acid groups (broad SMARTS) is 1. The number of hydrogen-bond acceptors (Lipinski definition) is 4. The summed E-state index contributed by atoms with van der Waals surface area (Å²) in [4.78, 5) is 10.8. The summed E-state index contributed by atoms with van der Waals surface area (Å²) in [5.74, 6) is -0.986. The van der Waals surface area contributed by atoms with Gasteiger partial charge in [0.05, 0.1) is 16.3 Å². The summed E-state index contributed by atoms with van der Waals surface area (Å²) in [5.41, 5.74) is 0.542. The molecule has 1 unspecified atom stereocenters. The molecule has 1 aliphatic heterocycles. The summed E-state index contributed by atoms with van der Waals surface area (Å²) in [6.07, 6.45) is 0.253. The third-order valence-corrected chi connectivity index (χ3v) is 5.11. The third kappa shape index (κ3) is 2.84. The summed E-state index contributed by atoms with van der Waals surface area (Å²) in [6.45, 7) is 0. The number of sulfone groups is 1. The fraction of sp³-hybridized carbons (Fsp3) is 0.364. The molecule has 1 aliphatic rings. The van der Waals surface area contributed by atoms with Crippen molar-refractivity contribution in [1.29, 1.82) is 0 Å². The average molecular weight is 334 g/mol. The Kier molecular flexibility index (Phi) is 3.63. The number of nitrogens with one attached hydrogen (secondary N) is 1. The highest BCUT2D eigenvalue weighted by molar-refractivity contribution is 9.10. The van der Waals surface area contributed by atoms with E-state index in [4.69, 9.17) is 5.11 Å². The van der Waals surface area contributed by atoms with Gasteiger partial charge in [0.2, 0.25) is 0 Å². The van der Waals surface area contributed by atoms with Gasteiger partial charge in [0.25, 0.3) is 0 Å². The van der Waals surface area contributed by atoms with Crippen molar-refractivity contribution in [2.45, 2.75) is 23.8 Å². The summed E-state index contributed by atoms with van der Waals surface area (Å²) < 4.78 is 24.8. The van der Waals surface area contributed by atoms with Gasteiger partial charge in [-0.1, -0.05) is 15.9 Å². The Hall–Kier alpha value is -1.08. The minimum atomic E-state index is -3.35. The van der Waals surface area contributed by atoms with Crippen molar-refractivity contribution in [3.05, 3.63) is 22.7 Å². The third-order valence-electron chi connectivity index (χ3n) is 2.77. The highest BCUT2D eigenvalue weighted by atomic mass is 79.9. The van der Waals surface area contributed by atoms with E-state index in [2.05, 4.69) is 21.2 Å². The van der Waals surface area contributed by atoms with Gasteiger partial charge >= 0.3 is 5.97 Å². The Morgan fingerprint density at radius 3 is 2.89 bits per heavy atom. The van der Waals surface area contributed by atoms with Gasteiger partial charge in [0.1, 0.15) is 0 Å². The molecule has 0 saturated heterocycles. The van der Waals surface area contributed by atoms with Crippen LogP contribution in [0, 0.1) is 0 Å². The lowest BCUT2D eigenvalue weighted by Gasteiger charge is -2.26. The van der Waals surface area contributed by atoms with E-state index in [0.717, 1.165) is 0 Å². The quantitative estimate of drug-likeness (QED) is 0.882. The van der Waals surface area contributed by atoms with Crippen molar-refractivity contribution < 1.29 is 18.3 Å². The lowest BCUT2D eigenvalue weighted by molar-refractivity contribution is -0.137. The first-order chi connectivity index (χ1) is 8.38. The fourth-order valence-corrected chi connectivity index (χ4v) is 4.18. The Bertz CT molecular complexity index is 585. The van der Waals surface area contributed by atoms with Crippen molar-refractivity contribution >= 4 is 37.4 Å². The van der Waals surface area contributed by atoms with Crippen molar-refractivity contribution in [3.8, 4) is 0 Å². The molecule has 0 saturated carbocycles. The molecule has 0 radical (unpaired) electrons. The summed E-state index contributed by atoms with van der Waals surface area (Å²) in [6, 6.07) is 4.65. The topological polar surface area (TPSA) is 83.5 Å². The Balaban J connectivity index is 2.27. The second kappa shape index (κ2) is 4.89. The van der Waals surface area contributed by atoms with Crippen molar-refractivity contribution in [1.82, 2.24) is 0 Å². The average Bonchev–Trinajstić information content (AvgIpc) is 2.27. The van der Waals surface area contributed by atoms with Crippen LogP contribution in [0.4, 0.5) is 5.69 Å². The van der Waals surface area contributed by atoms with Crippen LogP contribution in [0.3, 0.4) is 0 Å². The molecule has 1 aromatic carbocycles. The molecule has 0 bridgehead atoms. The van der Waals surface area contributed by atoms with E-state index in [1.165, 1.54) is 0 Å². The molecule has 18 heavy (non-hydrogen) atoms. The van der Waals surface area contributed by atoms with Gasteiger partial charge in [-0.15, -0.1) is 0 Å². The fourth-order valence-electron chi connectivity index (χ4n) is 1.94. The van der Waals surface area contributed by atoms with Crippen LogP contribution >= 0.6 is 15.9 Å². The van der Waals surface area contributed by atoms with E-state index in [-0.39, 0.29) is 23.1 Å². The van der Waals surface area contributed by atoms with Crippen LogP contribution in [-0.2, 0) is 14.6 Å². The van der Waals surface area contributed by atoms with E-state index in [1.54, 1.807) is 18.2 Å². The van der Waals surface area contributed by atoms with Crippen molar-refractivity contribution in [3.63, 3.8) is 0 Å². The van der Waals surface area contributed by atoms with Crippen molar-refractivity contribution in [2.75, 3.05) is 11.1 Å². The largest absolute Gasteiger partial charge is 0.481 e. The molecule has 1 atom stereocenters. The van der Waals surface area contributed by atoms with Crippen LogP contribution in [0.2, 0.25) is 0 Å². The van der Waals surface area contributed by atoms with Crippen LogP contribution in [0.25, 0.3) is 0 Å². The molecule has 0 spiro atoms. The van der Waals surface area contributed by atoms with E-state index in [1.807, 2.05) is 0 Å². The molecule has 98 valence electrons. The second-order valence-electron chi connectivity index (χ2n) is 4.20. The molecule has 0 amide bonds. The number of carboxylic acids is 1. The molecule has 2 N–H and O–H groups in total. The van der Waals surface area contributed by atoms with Crippen LogP contribution in [0.5, 0.6) is 0 Å². The predicted octanol–water partition coefficient (Wildman–Crippen LogP) is 1.88. The maximum atomic E-state index is 12.1. The maximum Gasteiger partial charge on any atom is 0.303 e. The normalized spacial score (nSPS) is 20.8. The molecular formula is C11H12BrNO4S. The number of halogens is 1. The molecule has 2 rings (SSSR count). The monoisotopic (exact) mass is 333 g/mol. The van der Waals surface area contributed by atoms with Crippen molar-refractivity contribution in [2.24, 2.45) is 0 Å². The minimum Gasteiger partial charge on any atom is -0.481 e. The zero-order chi connectivity index (χ0) is 13.3. The lowest BCUT2D eigenvalue weighted by Crippen LogP contribution is -2.34. The first-order valence-electron chi connectivity index (χ1n) is 5.39. The van der Waals surface area contributed by atoms with Crippen LogP contribution < -0.4 is 5.32 Å². The Labute approximate surface area is 113 Å². The Morgan fingerprint density at radius 1 is 1.50 bits per heavy atom. The molecule has 1 heterocycles. The number of rotatable bonds is 3. The first kappa shape index (κ1) is 13.4. The molecule has 7 heteroatoms. The van der Waals surface area contributed by atoms with Gasteiger partial charge in [-0.25, -0.2) is 8.42 Å². The highest BCUT2D eigenvalue weighted by Crippen LogP contribution is 2.31. The van der Waals surface area contributed by atoms with E-state index < -0.39 is 15.8 Å². The van der Waals surface area contributed by atoms with Gasteiger partial charge in [-0.3, -0.25) is 4.79 Å². The summed E-state index contributed by atoms with van der Waals surface area (Å²) in [5, 5.41) is 11.7. The lowest BCUT2D eigenvalue weighted by atomic mass is 10.1. The number of carbonyl (C=O) groups is 1. The second-order valence-corrected chi connectivity index (χ2v) is 7.11. The smallest absolute Gasteiger partial charge is 0.303 e. The molecule has 1 aromatic rings. The maximum absolute atomic E-state index is 12.1. The number of hydrogen-bond donors (Lipinski definition) is 2. The number of fused-ring (bicyclic) bond motifs is 1. The predicted molar refractivity (Wildman–Crippen MR) is 70.5 cm³/mol. The Morgan fingerprint density at radius 2 is 2.22 bits per heavy atom. The summed E-state index contributed by atoms with van der Waals surface area (Å²) >= 11 is 3.24. The molecule has 5 nitrogen and oxygen atoms in total. The number of anilines is 1. The standard InChI is InChI=1S/C11H12BrNO4S/c12-7-1-3-9-10(5-7)18(16,17)6-8(13-9)2-4-11(14)15/h1,3,5,8,13H,2,4,6H2,(H,14,15). The van der Waals surface area contributed by atoms with E-state index in [0.29, 0.717) is 16.6 Å². The molecular weight excluding hydrogens is 322 g/mol. The first-order valence-corrected chi connectivity index (χ1v) is 7.83. The van der Waals surface area contributed by atoms with E-state index >= 15 is 0 Å². The van der Waals surface area contributed by atoms with Crippen LogP contribution in [0.1, 0.15) is 12.8 Å². The van der Waals surface area contributed by atoms with Gasteiger partial charge < -0.3 is 10.4 Å². The minimum absolute atomic E-state index is 0.0426. The molecule has 0 fully saturated rings. The number of benzene rings is 1. The van der Waals surface area contributed by atoms with Gasteiger partial charge in [0.15, 0.2) is 9.84 Å². The summed E-state index contributed by atoms with van der Waals surface area (Å²) in [7, 11) is -3.35. The van der Waals surface area contributed by atoms with Gasteiger partial charge in [-0.05, 0) is 24.6 Å². The van der Waals surface area contributed by atoms with Gasteiger partial charge in [-0.2, -0.15) is 0 Å². The molecule has 0 aliphatic carbocycles. The van der Waals surface area contributed by atoms with Crippen LogP contribution in [0.15, 0.2) is 27.6 Å².